The molecular formula is C18H21F3N4OS. The number of nitrogens with zero attached hydrogens (tertiary/aromatic N) is 3. The van der Waals surface area contributed by atoms with E-state index in [4.69, 9.17) is 5.26 Å². The van der Waals surface area contributed by atoms with E-state index in [0.717, 1.165) is 49.8 Å². The van der Waals surface area contributed by atoms with Crippen molar-refractivity contribution in [3.63, 3.8) is 0 Å². The number of hydrogen-bond donors (Lipinski definition) is 1. The topological polar surface area (TPSA) is 69.0 Å². The van der Waals surface area contributed by atoms with Crippen LogP contribution in [0.4, 0.5) is 13.2 Å². The second-order valence-electron chi connectivity index (χ2n) is 7.00. The molecule has 1 saturated carbocycles. The van der Waals surface area contributed by atoms with Crippen LogP contribution in [-0.2, 0) is 11.0 Å². The highest BCUT2D eigenvalue weighted by Gasteiger charge is 2.36. The summed E-state index contributed by atoms with van der Waals surface area (Å²) in [6.45, 7) is 3.37. The molecule has 0 radical (unpaired) electrons. The number of carbonyl (C=O) groups excluding carboxylic acids is 1. The molecule has 146 valence electrons. The van der Waals surface area contributed by atoms with Gasteiger partial charge in [0.1, 0.15) is 11.1 Å². The molecule has 2 fully saturated rings. The van der Waals surface area contributed by atoms with Crippen LogP contribution in [-0.4, -0.2) is 46.7 Å². The van der Waals surface area contributed by atoms with Gasteiger partial charge in [0, 0.05) is 30.9 Å². The monoisotopic (exact) mass is 398 g/mol. The number of piperidine rings is 1. The quantitative estimate of drug-likeness (QED) is 0.772. The normalized spacial score (nSPS) is 18.9. The number of carbonyl (C=O) groups is 1. The Balaban J connectivity index is 1.57. The van der Waals surface area contributed by atoms with Gasteiger partial charge in [-0.05, 0) is 38.7 Å². The average Bonchev–Trinajstić information content (AvgIpc) is 3.44. The number of likely N-dealkylation sites (tertiary alicyclic amines) is 1. The number of pyridine rings is 1. The van der Waals surface area contributed by atoms with Gasteiger partial charge in [0.15, 0.2) is 0 Å². The van der Waals surface area contributed by atoms with Crippen molar-refractivity contribution in [1.29, 1.82) is 5.26 Å². The van der Waals surface area contributed by atoms with Crippen LogP contribution in [0.2, 0.25) is 0 Å². The van der Waals surface area contributed by atoms with Crippen molar-refractivity contribution < 1.29 is 18.0 Å². The second kappa shape index (κ2) is 8.07. The maximum Gasteiger partial charge on any atom is 0.417 e. The number of hydrogen-bond acceptors (Lipinski definition) is 5. The third kappa shape index (κ3) is 5.14. The Morgan fingerprint density at radius 3 is 2.59 bits per heavy atom. The van der Waals surface area contributed by atoms with Gasteiger partial charge in [0.05, 0.1) is 16.9 Å². The number of amides is 1. The van der Waals surface area contributed by atoms with Crippen LogP contribution in [0.3, 0.4) is 0 Å². The molecule has 1 aliphatic heterocycles. The summed E-state index contributed by atoms with van der Waals surface area (Å²) in [6, 6.07) is 3.26. The van der Waals surface area contributed by atoms with Crippen LogP contribution < -0.4 is 5.32 Å². The number of nitrogens with one attached hydrogen (secondary N) is 1. The highest BCUT2D eigenvalue weighted by atomic mass is 32.2. The minimum absolute atomic E-state index is 0.0523. The molecule has 1 amide bonds. The first-order valence-corrected chi connectivity index (χ1v) is 9.91. The maximum atomic E-state index is 13.1. The van der Waals surface area contributed by atoms with Gasteiger partial charge >= 0.3 is 6.18 Å². The molecule has 5 nitrogen and oxygen atoms in total. The molecule has 1 aromatic rings. The van der Waals surface area contributed by atoms with E-state index >= 15 is 0 Å². The van der Waals surface area contributed by atoms with Crippen molar-refractivity contribution in [2.45, 2.75) is 55.9 Å². The standard InChI is InChI=1S/C18H21F3N4OS/c1-11-8-15(18(19,20)21)14(9-22)17(23-11)27-10-16(26)24-12-4-6-25(7-5-12)13-2-3-13/h8,12-13H,2-7,10H2,1H3,(H,24,26). The third-order valence-electron chi connectivity index (χ3n) is 4.83. The van der Waals surface area contributed by atoms with Crippen LogP contribution in [0, 0.1) is 18.3 Å². The summed E-state index contributed by atoms with van der Waals surface area (Å²) in [6.07, 6.45) is -0.336. The van der Waals surface area contributed by atoms with Crippen LogP contribution in [0.15, 0.2) is 11.1 Å². The lowest BCUT2D eigenvalue weighted by molar-refractivity contribution is -0.138. The summed E-state index contributed by atoms with van der Waals surface area (Å²) in [5.74, 6) is -0.309. The van der Waals surface area contributed by atoms with Gasteiger partial charge in [-0.3, -0.25) is 4.79 Å². The van der Waals surface area contributed by atoms with E-state index in [2.05, 4.69) is 15.2 Å². The number of alkyl halides is 3. The van der Waals surface area contributed by atoms with Gasteiger partial charge in [0.2, 0.25) is 5.91 Å². The number of aromatic nitrogens is 1. The van der Waals surface area contributed by atoms with E-state index < -0.39 is 17.3 Å². The van der Waals surface area contributed by atoms with Crippen molar-refractivity contribution in [3.05, 3.63) is 22.9 Å². The zero-order chi connectivity index (χ0) is 19.6. The van der Waals surface area contributed by atoms with Crippen LogP contribution in [0.1, 0.15) is 42.5 Å². The maximum absolute atomic E-state index is 13.1. The molecule has 0 aromatic carbocycles. The van der Waals surface area contributed by atoms with Crippen molar-refractivity contribution >= 4 is 17.7 Å². The van der Waals surface area contributed by atoms with E-state index in [1.165, 1.54) is 19.8 Å². The van der Waals surface area contributed by atoms with Gasteiger partial charge in [-0.1, -0.05) is 11.8 Å². The number of halogens is 3. The molecule has 2 aliphatic rings. The van der Waals surface area contributed by atoms with Crippen molar-refractivity contribution in [3.8, 4) is 6.07 Å². The SMILES string of the molecule is Cc1cc(C(F)(F)F)c(C#N)c(SCC(=O)NC2CCN(C3CC3)CC2)n1. The van der Waals surface area contributed by atoms with Crippen molar-refractivity contribution in [2.24, 2.45) is 0 Å². The molecule has 3 rings (SSSR count). The molecule has 1 N–H and O–H groups in total. The van der Waals surface area contributed by atoms with Crippen molar-refractivity contribution in [2.75, 3.05) is 18.8 Å². The van der Waals surface area contributed by atoms with Crippen LogP contribution in [0.5, 0.6) is 0 Å². The summed E-state index contributed by atoms with van der Waals surface area (Å²) in [4.78, 5) is 18.7. The fraction of sp³-hybridized carbons (Fsp3) is 0.611. The molecule has 0 spiro atoms. The fourth-order valence-electron chi connectivity index (χ4n) is 3.33. The molecule has 1 aliphatic carbocycles. The van der Waals surface area contributed by atoms with Gasteiger partial charge in [-0.2, -0.15) is 18.4 Å². The molecule has 0 atom stereocenters. The lowest BCUT2D eigenvalue weighted by Gasteiger charge is -2.32. The highest BCUT2D eigenvalue weighted by molar-refractivity contribution is 8.00. The van der Waals surface area contributed by atoms with Gasteiger partial charge in [0.25, 0.3) is 0 Å². The zero-order valence-electron chi connectivity index (χ0n) is 15.0. The van der Waals surface area contributed by atoms with E-state index in [9.17, 15) is 18.0 Å². The van der Waals surface area contributed by atoms with Gasteiger partial charge < -0.3 is 10.2 Å². The number of aryl methyl sites for hydroxylation is 1. The first-order chi connectivity index (χ1) is 12.8. The average molecular weight is 398 g/mol. The Kier molecular flexibility index (Phi) is 5.96. The first kappa shape index (κ1) is 20.0. The molecule has 27 heavy (non-hydrogen) atoms. The second-order valence-corrected chi connectivity index (χ2v) is 7.96. The number of nitriles is 1. The Morgan fingerprint density at radius 2 is 2.04 bits per heavy atom. The summed E-state index contributed by atoms with van der Waals surface area (Å²) >= 11 is 0.872. The molecule has 0 unspecified atom stereocenters. The Morgan fingerprint density at radius 1 is 1.37 bits per heavy atom. The van der Waals surface area contributed by atoms with Gasteiger partial charge in [-0.25, -0.2) is 4.98 Å². The van der Waals surface area contributed by atoms with E-state index in [1.54, 1.807) is 6.07 Å². The number of thioether (sulfide) groups is 1. The number of rotatable bonds is 5. The molecule has 0 bridgehead atoms. The Hall–Kier alpha value is -1.79. The zero-order valence-corrected chi connectivity index (χ0v) is 15.8. The van der Waals surface area contributed by atoms with E-state index in [0.29, 0.717) is 0 Å². The molecule has 1 aromatic heterocycles. The highest BCUT2D eigenvalue weighted by Crippen LogP contribution is 2.35. The molecular weight excluding hydrogens is 377 g/mol. The summed E-state index contributed by atoms with van der Waals surface area (Å²) in [5.41, 5.74) is -1.37. The first-order valence-electron chi connectivity index (χ1n) is 8.93. The van der Waals surface area contributed by atoms with Crippen LogP contribution >= 0.6 is 11.8 Å². The van der Waals surface area contributed by atoms with E-state index in [1.807, 2.05) is 0 Å². The third-order valence-corrected chi connectivity index (χ3v) is 5.80. The summed E-state index contributed by atoms with van der Waals surface area (Å²) in [5, 5.41) is 12.0. The van der Waals surface area contributed by atoms with Crippen LogP contribution in [0.25, 0.3) is 0 Å². The minimum Gasteiger partial charge on any atom is -0.353 e. The van der Waals surface area contributed by atoms with E-state index in [-0.39, 0.29) is 28.4 Å². The summed E-state index contributed by atoms with van der Waals surface area (Å²) < 4.78 is 39.4. The minimum atomic E-state index is -4.63. The predicted molar refractivity (Wildman–Crippen MR) is 95.2 cm³/mol. The Bertz CT molecular complexity index is 750. The lowest BCUT2D eigenvalue weighted by atomic mass is 10.1. The predicted octanol–water partition coefficient (Wildman–Crippen LogP) is 3.12. The smallest absolute Gasteiger partial charge is 0.353 e. The van der Waals surface area contributed by atoms with Crippen molar-refractivity contribution in [1.82, 2.24) is 15.2 Å². The molecule has 9 heteroatoms. The largest absolute Gasteiger partial charge is 0.417 e. The molecule has 2 heterocycles. The Labute approximate surface area is 160 Å². The van der Waals surface area contributed by atoms with Gasteiger partial charge in [-0.15, -0.1) is 0 Å². The molecule has 1 saturated heterocycles. The fourth-order valence-corrected chi connectivity index (χ4v) is 4.19. The summed E-state index contributed by atoms with van der Waals surface area (Å²) in [7, 11) is 0. The lowest BCUT2D eigenvalue weighted by Crippen LogP contribution is -2.45.